The van der Waals surface area contributed by atoms with Crippen molar-refractivity contribution in [1.82, 2.24) is 0 Å². The lowest BCUT2D eigenvalue weighted by atomic mass is 9.98. The van der Waals surface area contributed by atoms with E-state index in [1.165, 1.54) is 0 Å². The van der Waals surface area contributed by atoms with Crippen LogP contribution in [0.15, 0.2) is 16.6 Å². The molecule has 0 aromatic heterocycles. The summed E-state index contributed by atoms with van der Waals surface area (Å²) in [6.07, 6.45) is 0. The van der Waals surface area contributed by atoms with Crippen LogP contribution in [-0.2, 0) is 0 Å². The van der Waals surface area contributed by atoms with Gasteiger partial charge in [0.05, 0.1) is 5.56 Å². The molecule has 0 spiro atoms. The molecular weight excluding hydrogens is 244 g/mol. The first kappa shape index (κ1) is 11.2. The summed E-state index contributed by atoms with van der Waals surface area (Å²) in [6, 6.07) is 3.44. The van der Waals surface area contributed by atoms with Gasteiger partial charge in [0.25, 0.3) is 0 Å². The van der Waals surface area contributed by atoms with Crippen molar-refractivity contribution in [2.75, 3.05) is 0 Å². The minimum Gasteiger partial charge on any atom is -0.507 e. The Hall–Kier alpha value is -0.830. The molecule has 0 atom stereocenters. The average Bonchev–Trinajstić information content (AvgIpc) is 2.09. The van der Waals surface area contributed by atoms with Gasteiger partial charge in [-0.1, -0.05) is 29.8 Å². The first-order valence-electron chi connectivity index (χ1n) is 4.46. The Morgan fingerprint density at radius 2 is 2.00 bits per heavy atom. The molecule has 0 aliphatic heterocycles. The molecule has 0 radical (unpaired) electrons. The number of Topliss-reactive ketones (excluding diaryl/α,β-unsaturated/α-hetero) is 1. The third-order valence-corrected chi connectivity index (χ3v) is 2.51. The number of phenols is 1. The molecule has 0 heterocycles. The molecule has 1 aromatic rings. The number of aryl methyl sites for hydroxylation is 1. The molecule has 2 nitrogen and oxygen atoms in total. The van der Waals surface area contributed by atoms with Crippen molar-refractivity contribution >= 4 is 21.7 Å². The molecule has 0 bridgehead atoms. The monoisotopic (exact) mass is 256 g/mol. The highest BCUT2D eigenvalue weighted by Crippen LogP contribution is 2.28. The Labute approximate surface area is 92.1 Å². The van der Waals surface area contributed by atoms with Gasteiger partial charge in [-0.3, -0.25) is 4.79 Å². The lowest BCUT2D eigenvalue weighted by Crippen LogP contribution is -2.08. The molecule has 0 aliphatic carbocycles. The molecular formula is C11H13BrO2. The lowest BCUT2D eigenvalue weighted by molar-refractivity contribution is 0.0936. The second-order valence-electron chi connectivity index (χ2n) is 3.64. The standard InChI is InChI=1S/C11H13BrO2/c1-6(2)10(13)9-5-8(12)4-7(3)11(9)14/h4-6,14H,1-3H3. The van der Waals surface area contributed by atoms with Gasteiger partial charge in [-0.15, -0.1) is 0 Å². The van der Waals surface area contributed by atoms with Crippen molar-refractivity contribution in [2.24, 2.45) is 5.92 Å². The fourth-order valence-electron chi connectivity index (χ4n) is 1.23. The van der Waals surface area contributed by atoms with Crippen LogP contribution in [0.2, 0.25) is 0 Å². The van der Waals surface area contributed by atoms with Gasteiger partial charge in [-0.25, -0.2) is 0 Å². The number of carbonyl (C=O) groups is 1. The maximum Gasteiger partial charge on any atom is 0.169 e. The number of rotatable bonds is 2. The zero-order valence-electron chi connectivity index (χ0n) is 8.47. The van der Waals surface area contributed by atoms with Crippen molar-refractivity contribution in [3.63, 3.8) is 0 Å². The fourth-order valence-corrected chi connectivity index (χ4v) is 1.81. The second kappa shape index (κ2) is 4.13. The number of phenolic OH excluding ortho intramolecular Hbond substituents is 1. The van der Waals surface area contributed by atoms with Gasteiger partial charge in [0.1, 0.15) is 5.75 Å². The van der Waals surface area contributed by atoms with Gasteiger partial charge in [0.2, 0.25) is 0 Å². The zero-order chi connectivity index (χ0) is 10.9. The number of hydrogen-bond donors (Lipinski definition) is 1. The van der Waals surface area contributed by atoms with Crippen molar-refractivity contribution in [3.8, 4) is 5.75 Å². The van der Waals surface area contributed by atoms with E-state index in [2.05, 4.69) is 15.9 Å². The summed E-state index contributed by atoms with van der Waals surface area (Å²) in [5.74, 6) is -0.0478. The largest absolute Gasteiger partial charge is 0.507 e. The van der Waals surface area contributed by atoms with Crippen LogP contribution in [0.1, 0.15) is 29.8 Å². The summed E-state index contributed by atoms with van der Waals surface area (Å²) < 4.78 is 0.816. The van der Waals surface area contributed by atoms with Crippen LogP contribution in [0.5, 0.6) is 5.75 Å². The van der Waals surface area contributed by atoms with Gasteiger partial charge in [-0.05, 0) is 24.6 Å². The van der Waals surface area contributed by atoms with Gasteiger partial charge in [0, 0.05) is 10.4 Å². The minimum absolute atomic E-state index is 0.0353. The highest BCUT2D eigenvalue weighted by molar-refractivity contribution is 9.10. The Morgan fingerprint density at radius 1 is 1.43 bits per heavy atom. The van der Waals surface area contributed by atoms with Crippen molar-refractivity contribution in [1.29, 1.82) is 0 Å². The van der Waals surface area contributed by atoms with Gasteiger partial charge in [0.15, 0.2) is 5.78 Å². The molecule has 0 unspecified atom stereocenters. The van der Waals surface area contributed by atoms with Gasteiger partial charge >= 0.3 is 0 Å². The predicted molar refractivity (Wildman–Crippen MR) is 59.7 cm³/mol. The fraction of sp³-hybridized carbons (Fsp3) is 0.364. The zero-order valence-corrected chi connectivity index (χ0v) is 10.1. The number of hydrogen-bond acceptors (Lipinski definition) is 2. The third-order valence-electron chi connectivity index (χ3n) is 2.06. The molecule has 76 valence electrons. The van der Waals surface area contributed by atoms with Crippen molar-refractivity contribution in [2.45, 2.75) is 20.8 Å². The van der Waals surface area contributed by atoms with Crippen LogP contribution < -0.4 is 0 Å². The third kappa shape index (κ3) is 2.15. The molecule has 0 amide bonds. The van der Waals surface area contributed by atoms with E-state index in [1.807, 2.05) is 13.8 Å². The minimum atomic E-state index is -0.102. The van der Waals surface area contributed by atoms with Gasteiger partial charge in [-0.2, -0.15) is 0 Å². The number of carbonyl (C=O) groups excluding carboxylic acids is 1. The Morgan fingerprint density at radius 3 is 2.50 bits per heavy atom. The maximum atomic E-state index is 11.7. The predicted octanol–water partition coefficient (Wildman–Crippen LogP) is 3.30. The van der Waals surface area contributed by atoms with Crippen LogP contribution >= 0.6 is 15.9 Å². The summed E-state index contributed by atoms with van der Waals surface area (Å²) in [4.78, 5) is 11.7. The molecule has 0 fully saturated rings. The number of halogens is 1. The molecule has 0 aliphatic rings. The van der Waals surface area contributed by atoms with Crippen molar-refractivity contribution < 1.29 is 9.90 Å². The molecule has 3 heteroatoms. The summed E-state index contributed by atoms with van der Waals surface area (Å²) in [7, 11) is 0. The van der Waals surface area contributed by atoms with E-state index < -0.39 is 0 Å². The SMILES string of the molecule is Cc1cc(Br)cc(C(=O)C(C)C)c1O. The van der Waals surface area contributed by atoms with Crippen LogP contribution in [0.25, 0.3) is 0 Å². The first-order chi connectivity index (χ1) is 6.43. The Bertz CT molecular complexity index is 370. The molecule has 1 aromatic carbocycles. The van der Waals surface area contributed by atoms with Crippen LogP contribution in [0.3, 0.4) is 0 Å². The number of ketones is 1. The smallest absolute Gasteiger partial charge is 0.169 e. The van der Waals surface area contributed by atoms with Crippen molar-refractivity contribution in [3.05, 3.63) is 27.7 Å². The maximum absolute atomic E-state index is 11.7. The molecule has 0 saturated heterocycles. The molecule has 1 N–H and O–H groups in total. The van der Waals surface area contributed by atoms with Crippen LogP contribution in [0.4, 0.5) is 0 Å². The second-order valence-corrected chi connectivity index (χ2v) is 4.55. The summed E-state index contributed by atoms with van der Waals surface area (Å²) in [5.41, 5.74) is 1.11. The van der Waals surface area contributed by atoms with Gasteiger partial charge < -0.3 is 5.11 Å². The molecule has 14 heavy (non-hydrogen) atoms. The first-order valence-corrected chi connectivity index (χ1v) is 5.26. The van der Waals surface area contributed by atoms with E-state index in [1.54, 1.807) is 19.1 Å². The van der Waals surface area contributed by atoms with Crippen LogP contribution in [-0.4, -0.2) is 10.9 Å². The highest BCUT2D eigenvalue weighted by atomic mass is 79.9. The average molecular weight is 257 g/mol. The van der Waals surface area contributed by atoms with E-state index in [0.717, 1.165) is 4.47 Å². The molecule has 1 rings (SSSR count). The summed E-state index contributed by atoms with van der Waals surface area (Å²) in [5, 5.41) is 9.70. The van der Waals surface area contributed by atoms with E-state index in [4.69, 9.17) is 0 Å². The lowest BCUT2D eigenvalue weighted by Gasteiger charge is -2.09. The van der Waals surface area contributed by atoms with Crippen LogP contribution in [0, 0.1) is 12.8 Å². The summed E-state index contributed by atoms with van der Waals surface area (Å²) >= 11 is 3.30. The Balaban J connectivity index is 3.27. The summed E-state index contributed by atoms with van der Waals surface area (Å²) in [6.45, 7) is 5.41. The number of benzene rings is 1. The number of aromatic hydroxyl groups is 1. The quantitative estimate of drug-likeness (QED) is 0.825. The van der Waals surface area contributed by atoms with E-state index in [-0.39, 0.29) is 17.5 Å². The molecule has 0 saturated carbocycles. The van der Waals surface area contributed by atoms with E-state index >= 15 is 0 Å². The Kier molecular flexibility index (Phi) is 3.32. The van der Waals surface area contributed by atoms with E-state index in [0.29, 0.717) is 11.1 Å². The van der Waals surface area contributed by atoms with E-state index in [9.17, 15) is 9.90 Å². The highest BCUT2D eigenvalue weighted by Gasteiger charge is 2.16. The normalized spacial score (nSPS) is 10.6. The topological polar surface area (TPSA) is 37.3 Å².